The van der Waals surface area contributed by atoms with Crippen molar-refractivity contribution in [2.75, 3.05) is 11.9 Å². The SMILES string of the molecule is CCCCOC(=O)c1c(NC(=O)C(C#N)=Cc2ccc(C)s2)sc2c1CCCC2. The van der Waals surface area contributed by atoms with Crippen LogP contribution >= 0.6 is 22.7 Å². The lowest BCUT2D eigenvalue weighted by Crippen LogP contribution is -2.17. The van der Waals surface area contributed by atoms with Crippen LogP contribution < -0.4 is 5.32 Å². The fourth-order valence-electron chi connectivity index (χ4n) is 3.24. The smallest absolute Gasteiger partial charge is 0.341 e. The van der Waals surface area contributed by atoms with E-state index in [4.69, 9.17) is 4.74 Å². The molecule has 3 rings (SSSR count). The number of carbonyl (C=O) groups is 2. The summed E-state index contributed by atoms with van der Waals surface area (Å²) in [6.07, 6.45) is 7.15. The number of hydrogen-bond acceptors (Lipinski definition) is 6. The quantitative estimate of drug-likeness (QED) is 0.273. The molecule has 1 N–H and O–H groups in total. The summed E-state index contributed by atoms with van der Waals surface area (Å²) >= 11 is 2.95. The lowest BCUT2D eigenvalue weighted by Gasteiger charge is -2.12. The van der Waals surface area contributed by atoms with Gasteiger partial charge in [0, 0.05) is 14.6 Å². The molecule has 2 aromatic rings. The molecule has 29 heavy (non-hydrogen) atoms. The molecule has 5 nitrogen and oxygen atoms in total. The summed E-state index contributed by atoms with van der Waals surface area (Å²) in [5, 5.41) is 12.8. The first-order valence-electron chi connectivity index (χ1n) is 9.84. The van der Waals surface area contributed by atoms with Gasteiger partial charge in [0.15, 0.2) is 0 Å². The van der Waals surface area contributed by atoms with Crippen LogP contribution in [0.4, 0.5) is 5.00 Å². The highest BCUT2D eigenvalue weighted by Gasteiger charge is 2.28. The Hall–Kier alpha value is -2.43. The maximum absolute atomic E-state index is 12.8. The predicted octanol–water partition coefficient (Wildman–Crippen LogP) is 5.50. The van der Waals surface area contributed by atoms with Crippen molar-refractivity contribution in [1.82, 2.24) is 0 Å². The maximum Gasteiger partial charge on any atom is 0.341 e. The number of esters is 1. The van der Waals surface area contributed by atoms with E-state index in [1.54, 1.807) is 6.08 Å². The highest BCUT2D eigenvalue weighted by atomic mass is 32.1. The average molecular weight is 429 g/mol. The van der Waals surface area contributed by atoms with Gasteiger partial charge in [0.2, 0.25) is 0 Å². The van der Waals surface area contributed by atoms with Gasteiger partial charge in [0.25, 0.3) is 5.91 Å². The number of anilines is 1. The highest BCUT2D eigenvalue weighted by molar-refractivity contribution is 7.17. The van der Waals surface area contributed by atoms with Crippen molar-refractivity contribution in [2.45, 2.75) is 52.4 Å². The predicted molar refractivity (Wildman–Crippen MR) is 117 cm³/mol. The zero-order valence-corrected chi connectivity index (χ0v) is 18.3. The van der Waals surface area contributed by atoms with Crippen molar-refractivity contribution in [3.8, 4) is 6.07 Å². The van der Waals surface area contributed by atoms with E-state index in [9.17, 15) is 14.9 Å². The molecule has 0 aliphatic heterocycles. The minimum absolute atomic E-state index is 0.0172. The first-order chi connectivity index (χ1) is 14.0. The van der Waals surface area contributed by atoms with Crippen molar-refractivity contribution < 1.29 is 14.3 Å². The Balaban J connectivity index is 1.86. The minimum Gasteiger partial charge on any atom is -0.462 e. The number of rotatable bonds is 7. The molecule has 0 saturated heterocycles. The molecule has 1 aliphatic carbocycles. The van der Waals surface area contributed by atoms with Gasteiger partial charge in [-0.1, -0.05) is 13.3 Å². The number of carbonyl (C=O) groups excluding carboxylic acids is 2. The summed E-state index contributed by atoms with van der Waals surface area (Å²) in [5.74, 6) is -0.885. The molecule has 0 bridgehead atoms. The number of nitriles is 1. The third-order valence-corrected chi connectivity index (χ3v) is 6.90. The molecule has 0 atom stereocenters. The fourth-order valence-corrected chi connectivity index (χ4v) is 5.34. The number of hydrogen-bond donors (Lipinski definition) is 1. The molecular formula is C22H24N2O3S2. The third kappa shape index (κ3) is 5.14. The van der Waals surface area contributed by atoms with Crippen LogP contribution in [0.3, 0.4) is 0 Å². The number of unbranched alkanes of at least 4 members (excludes halogenated alkanes) is 1. The number of nitrogens with one attached hydrogen (secondary N) is 1. The third-order valence-electron chi connectivity index (χ3n) is 4.75. The van der Waals surface area contributed by atoms with E-state index in [0.717, 1.165) is 58.7 Å². The molecule has 1 aliphatic rings. The van der Waals surface area contributed by atoms with Crippen LogP contribution in [0.2, 0.25) is 0 Å². The van der Waals surface area contributed by atoms with E-state index >= 15 is 0 Å². The molecule has 1 amide bonds. The van der Waals surface area contributed by atoms with Gasteiger partial charge in [-0.3, -0.25) is 4.79 Å². The zero-order valence-electron chi connectivity index (χ0n) is 16.7. The molecule has 0 saturated carbocycles. The van der Waals surface area contributed by atoms with Crippen molar-refractivity contribution in [3.05, 3.63) is 43.5 Å². The lowest BCUT2D eigenvalue weighted by atomic mass is 9.95. The molecule has 0 fully saturated rings. The second kappa shape index (κ2) is 9.86. The zero-order chi connectivity index (χ0) is 20.8. The Morgan fingerprint density at radius 1 is 1.28 bits per heavy atom. The molecule has 0 spiro atoms. The van der Waals surface area contributed by atoms with Crippen LogP contribution in [-0.4, -0.2) is 18.5 Å². The van der Waals surface area contributed by atoms with Gasteiger partial charge in [-0.2, -0.15) is 5.26 Å². The van der Waals surface area contributed by atoms with Crippen LogP contribution in [0.25, 0.3) is 6.08 Å². The highest BCUT2D eigenvalue weighted by Crippen LogP contribution is 2.39. The van der Waals surface area contributed by atoms with Gasteiger partial charge in [0.1, 0.15) is 16.6 Å². The first-order valence-corrected chi connectivity index (χ1v) is 11.5. The maximum atomic E-state index is 12.8. The average Bonchev–Trinajstić information content (AvgIpc) is 3.28. The molecule has 0 aromatic carbocycles. The summed E-state index contributed by atoms with van der Waals surface area (Å²) in [6, 6.07) is 5.80. The van der Waals surface area contributed by atoms with Crippen molar-refractivity contribution >= 4 is 45.6 Å². The summed E-state index contributed by atoms with van der Waals surface area (Å²) in [4.78, 5) is 28.6. The summed E-state index contributed by atoms with van der Waals surface area (Å²) in [5.41, 5.74) is 1.48. The monoisotopic (exact) mass is 428 g/mol. The number of thiophene rings is 2. The largest absolute Gasteiger partial charge is 0.462 e. The van der Waals surface area contributed by atoms with Gasteiger partial charge < -0.3 is 10.1 Å². The molecule has 2 aromatic heterocycles. The first kappa shape index (κ1) is 21.3. The Bertz CT molecular complexity index is 979. The fraction of sp³-hybridized carbons (Fsp3) is 0.409. The summed E-state index contributed by atoms with van der Waals surface area (Å²) in [6.45, 7) is 4.38. The second-order valence-electron chi connectivity index (χ2n) is 6.98. The number of ether oxygens (including phenoxy) is 1. The number of amides is 1. The molecule has 0 unspecified atom stereocenters. The van der Waals surface area contributed by atoms with Crippen LogP contribution in [0.5, 0.6) is 0 Å². The second-order valence-corrected chi connectivity index (χ2v) is 9.40. The Morgan fingerprint density at radius 2 is 2.07 bits per heavy atom. The van der Waals surface area contributed by atoms with Crippen molar-refractivity contribution in [1.29, 1.82) is 5.26 Å². The Kier molecular flexibility index (Phi) is 7.24. The topological polar surface area (TPSA) is 79.2 Å². The summed E-state index contributed by atoms with van der Waals surface area (Å²) < 4.78 is 5.44. The van der Waals surface area contributed by atoms with Gasteiger partial charge in [-0.15, -0.1) is 22.7 Å². The van der Waals surface area contributed by atoms with E-state index in [0.29, 0.717) is 17.2 Å². The molecule has 2 heterocycles. The number of aryl methyl sites for hydroxylation is 2. The van der Waals surface area contributed by atoms with Crippen LogP contribution in [0.15, 0.2) is 17.7 Å². The molecule has 0 radical (unpaired) electrons. The van der Waals surface area contributed by atoms with Crippen molar-refractivity contribution in [2.24, 2.45) is 0 Å². The minimum atomic E-state index is -0.500. The van der Waals surface area contributed by atoms with E-state index in [1.165, 1.54) is 22.7 Å². The summed E-state index contributed by atoms with van der Waals surface area (Å²) in [7, 11) is 0. The molecule has 7 heteroatoms. The van der Waals surface area contributed by atoms with Gasteiger partial charge in [0.05, 0.1) is 12.2 Å². The van der Waals surface area contributed by atoms with Gasteiger partial charge in [-0.05, 0) is 62.8 Å². The Morgan fingerprint density at radius 3 is 2.76 bits per heavy atom. The molecular weight excluding hydrogens is 404 g/mol. The van der Waals surface area contributed by atoms with Crippen LogP contribution in [0.1, 0.15) is 63.2 Å². The normalized spacial score (nSPS) is 13.5. The van der Waals surface area contributed by atoms with Gasteiger partial charge >= 0.3 is 5.97 Å². The standard InChI is InChI=1S/C22H24N2O3S2/c1-3-4-11-27-22(26)19-17-7-5-6-8-18(17)29-21(19)24-20(25)15(13-23)12-16-10-9-14(2)28-16/h9-10,12H,3-8,11H2,1-2H3,(H,24,25). The van der Waals surface area contributed by atoms with E-state index in [1.807, 2.05) is 32.0 Å². The Labute approximate surface area is 179 Å². The molecule has 152 valence electrons. The van der Waals surface area contributed by atoms with Crippen LogP contribution in [-0.2, 0) is 22.4 Å². The van der Waals surface area contributed by atoms with E-state index in [-0.39, 0.29) is 11.5 Å². The number of fused-ring (bicyclic) bond motifs is 1. The lowest BCUT2D eigenvalue weighted by molar-refractivity contribution is -0.112. The number of nitrogens with zero attached hydrogens (tertiary/aromatic N) is 1. The van der Waals surface area contributed by atoms with E-state index in [2.05, 4.69) is 5.32 Å². The van der Waals surface area contributed by atoms with Crippen LogP contribution in [0, 0.1) is 18.3 Å². The van der Waals surface area contributed by atoms with E-state index < -0.39 is 5.91 Å². The van der Waals surface area contributed by atoms with Gasteiger partial charge in [-0.25, -0.2) is 4.79 Å². The van der Waals surface area contributed by atoms with Crippen molar-refractivity contribution in [3.63, 3.8) is 0 Å².